The van der Waals surface area contributed by atoms with Crippen LogP contribution >= 0.6 is 0 Å². The van der Waals surface area contributed by atoms with Crippen LogP contribution in [0.4, 0.5) is 8.78 Å². The van der Waals surface area contributed by atoms with E-state index in [9.17, 15) is 13.6 Å². The first-order valence-corrected chi connectivity index (χ1v) is 10.4. The summed E-state index contributed by atoms with van der Waals surface area (Å²) in [5, 5.41) is 4.50. The van der Waals surface area contributed by atoms with E-state index in [1.54, 1.807) is 35.4 Å². The van der Waals surface area contributed by atoms with Crippen molar-refractivity contribution in [2.45, 2.75) is 13.0 Å². The predicted molar refractivity (Wildman–Crippen MR) is 116 cm³/mol. The first-order chi connectivity index (χ1) is 16.1. The minimum absolute atomic E-state index is 0.0386. The minimum atomic E-state index is -0.374. The zero-order valence-corrected chi connectivity index (χ0v) is 17.5. The monoisotopic (exact) mass is 447 g/mol. The Morgan fingerprint density at radius 1 is 1.00 bits per heavy atom. The number of oxazole rings is 1. The second-order valence-corrected chi connectivity index (χ2v) is 7.59. The van der Waals surface area contributed by atoms with E-state index >= 15 is 0 Å². The SMILES string of the molecule is O=C(Cn1nc(-c2ccc(F)cc2)nc1-c1ccc(F)cc1)N1CC=C(c2ncco2)CC1. The molecule has 1 aliphatic heterocycles. The number of hydrogen-bond acceptors (Lipinski definition) is 5. The van der Waals surface area contributed by atoms with Gasteiger partial charge in [0, 0.05) is 29.8 Å². The largest absolute Gasteiger partial charge is 0.445 e. The van der Waals surface area contributed by atoms with Gasteiger partial charge in [0.1, 0.15) is 24.4 Å². The molecule has 1 amide bonds. The van der Waals surface area contributed by atoms with Crippen LogP contribution in [0.15, 0.2) is 71.5 Å². The van der Waals surface area contributed by atoms with Crippen LogP contribution in [0, 0.1) is 11.6 Å². The molecule has 3 heterocycles. The first kappa shape index (κ1) is 20.7. The molecule has 0 spiro atoms. The highest BCUT2D eigenvalue weighted by Crippen LogP contribution is 2.24. The molecule has 2 aromatic heterocycles. The summed E-state index contributed by atoms with van der Waals surface area (Å²) in [7, 11) is 0. The summed E-state index contributed by atoms with van der Waals surface area (Å²) in [6.45, 7) is 0.920. The molecule has 0 radical (unpaired) electrons. The van der Waals surface area contributed by atoms with Gasteiger partial charge in [0.15, 0.2) is 11.6 Å². The third-order valence-electron chi connectivity index (χ3n) is 5.43. The Kier molecular flexibility index (Phi) is 5.52. The van der Waals surface area contributed by atoms with Gasteiger partial charge in [-0.2, -0.15) is 0 Å². The van der Waals surface area contributed by atoms with Crippen LogP contribution < -0.4 is 0 Å². The molecule has 0 saturated carbocycles. The molecule has 0 aliphatic carbocycles. The van der Waals surface area contributed by atoms with Gasteiger partial charge in [0.05, 0.1) is 6.20 Å². The Morgan fingerprint density at radius 2 is 1.70 bits per heavy atom. The Hall–Kier alpha value is -4.14. The lowest BCUT2D eigenvalue weighted by atomic mass is 10.1. The van der Waals surface area contributed by atoms with Crippen molar-refractivity contribution in [3.63, 3.8) is 0 Å². The van der Waals surface area contributed by atoms with Gasteiger partial charge in [-0.3, -0.25) is 4.79 Å². The second-order valence-electron chi connectivity index (χ2n) is 7.59. The molecule has 4 aromatic rings. The summed E-state index contributed by atoms with van der Waals surface area (Å²) in [6.07, 6.45) is 5.68. The predicted octanol–water partition coefficient (Wildman–Crippen LogP) is 4.19. The van der Waals surface area contributed by atoms with E-state index in [0.717, 1.165) is 5.57 Å². The van der Waals surface area contributed by atoms with Gasteiger partial charge < -0.3 is 9.32 Å². The standard InChI is InChI=1S/C24H19F2N5O2/c25-19-5-1-16(2-6-19)22-28-23(17-3-7-20(26)8-4-17)31(29-22)15-21(32)30-12-9-18(10-13-30)24-27-11-14-33-24/h1-9,11,14H,10,12-13,15H2. The van der Waals surface area contributed by atoms with Gasteiger partial charge >= 0.3 is 0 Å². The summed E-state index contributed by atoms with van der Waals surface area (Å²) < 4.78 is 33.6. The lowest BCUT2D eigenvalue weighted by Crippen LogP contribution is -2.37. The van der Waals surface area contributed by atoms with Gasteiger partial charge in [0.2, 0.25) is 11.8 Å². The molecule has 0 unspecified atom stereocenters. The number of amides is 1. The number of rotatable bonds is 5. The number of carbonyl (C=O) groups excluding carboxylic acids is 1. The number of aromatic nitrogens is 4. The summed E-state index contributed by atoms with van der Waals surface area (Å²) in [4.78, 5) is 23.5. The van der Waals surface area contributed by atoms with E-state index in [1.165, 1.54) is 35.2 Å². The number of hydrogen-bond donors (Lipinski definition) is 0. The Morgan fingerprint density at radius 3 is 2.30 bits per heavy atom. The van der Waals surface area contributed by atoms with E-state index in [1.807, 2.05) is 6.08 Å². The number of nitrogens with zero attached hydrogens (tertiary/aromatic N) is 5. The Balaban J connectivity index is 1.41. The fourth-order valence-electron chi connectivity index (χ4n) is 3.69. The van der Waals surface area contributed by atoms with E-state index in [2.05, 4.69) is 15.1 Å². The van der Waals surface area contributed by atoms with E-state index < -0.39 is 0 Å². The first-order valence-electron chi connectivity index (χ1n) is 10.4. The maximum Gasteiger partial charge on any atom is 0.244 e. The molecule has 0 N–H and O–H groups in total. The second kappa shape index (κ2) is 8.78. The number of benzene rings is 2. The molecule has 9 heteroatoms. The normalized spacial score (nSPS) is 13.8. The van der Waals surface area contributed by atoms with Crippen LogP contribution in [0.3, 0.4) is 0 Å². The van der Waals surface area contributed by atoms with Crippen LogP contribution in [0.5, 0.6) is 0 Å². The van der Waals surface area contributed by atoms with Gasteiger partial charge in [-0.1, -0.05) is 6.08 Å². The van der Waals surface area contributed by atoms with Crippen molar-refractivity contribution in [3.05, 3.63) is 84.6 Å². The van der Waals surface area contributed by atoms with Crippen molar-refractivity contribution in [2.24, 2.45) is 0 Å². The third kappa shape index (κ3) is 4.43. The molecule has 2 aromatic carbocycles. The number of carbonyl (C=O) groups is 1. The lowest BCUT2D eigenvalue weighted by molar-refractivity contribution is -0.131. The van der Waals surface area contributed by atoms with Crippen LogP contribution in [-0.2, 0) is 11.3 Å². The molecule has 166 valence electrons. The van der Waals surface area contributed by atoms with Crippen molar-refractivity contribution < 1.29 is 18.0 Å². The third-order valence-corrected chi connectivity index (χ3v) is 5.43. The molecule has 0 fully saturated rings. The highest BCUT2D eigenvalue weighted by Gasteiger charge is 2.22. The Labute approximate surface area is 188 Å². The highest BCUT2D eigenvalue weighted by molar-refractivity contribution is 5.78. The van der Waals surface area contributed by atoms with Crippen molar-refractivity contribution in [3.8, 4) is 22.8 Å². The molecule has 0 saturated heterocycles. The van der Waals surface area contributed by atoms with Crippen molar-refractivity contribution in [1.82, 2.24) is 24.6 Å². The highest BCUT2D eigenvalue weighted by atomic mass is 19.1. The Bertz CT molecular complexity index is 1300. The molecular formula is C24H19F2N5O2. The molecular weight excluding hydrogens is 428 g/mol. The maximum absolute atomic E-state index is 13.4. The zero-order chi connectivity index (χ0) is 22.8. The maximum atomic E-state index is 13.4. The summed E-state index contributed by atoms with van der Waals surface area (Å²) in [5.74, 6) is 0.482. The fraction of sp³-hybridized carbons (Fsp3) is 0.167. The van der Waals surface area contributed by atoms with Crippen molar-refractivity contribution in [1.29, 1.82) is 0 Å². The molecule has 0 bridgehead atoms. The van der Waals surface area contributed by atoms with E-state index in [4.69, 9.17) is 4.42 Å². The summed E-state index contributed by atoms with van der Waals surface area (Å²) >= 11 is 0. The quantitative estimate of drug-likeness (QED) is 0.458. The van der Waals surface area contributed by atoms with E-state index in [0.29, 0.717) is 48.2 Å². The molecule has 1 aliphatic rings. The topological polar surface area (TPSA) is 77.1 Å². The molecule has 0 atom stereocenters. The summed E-state index contributed by atoms with van der Waals surface area (Å²) in [5.41, 5.74) is 2.20. The average molecular weight is 447 g/mol. The van der Waals surface area contributed by atoms with Gasteiger partial charge in [-0.15, -0.1) is 5.10 Å². The zero-order valence-electron chi connectivity index (χ0n) is 17.5. The van der Waals surface area contributed by atoms with Gasteiger partial charge in [-0.05, 0) is 55.0 Å². The minimum Gasteiger partial charge on any atom is -0.445 e. The average Bonchev–Trinajstić information content (AvgIpc) is 3.51. The van der Waals surface area contributed by atoms with Crippen LogP contribution in [-0.4, -0.2) is 43.6 Å². The molecule has 33 heavy (non-hydrogen) atoms. The number of halogens is 2. The molecule has 7 nitrogen and oxygen atoms in total. The fourth-order valence-corrected chi connectivity index (χ4v) is 3.69. The van der Waals surface area contributed by atoms with Crippen LogP contribution in [0.2, 0.25) is 0 Å². The molecule has 5 rings (SSSR count). The van der Waals surface area contributed by atoms with Crippen LogP contribution in [0.25, 0.3) is 28.3 Å². The van der Waals surface area contributed by atoms with Crippen molar-refractivity contribution in [2.75, 3.05) is 13.1 Å². The smallest absolute Gasteiger partial charge is 0.244 e. The van der Waals surface area contributed by atoms with Crippen LogP contribution in [0.1, 0.15) is 12.3 Å². The van der Waals surface area contributed by atoms with E-state index in [-0.39, 0.29) is 24.1 Å². The van der Waals surface area contributed by atoms with Crippen molar-refractivity contribution >= 4 is 11.5 Å². The van der Waals surface area contributed by atoms with Gasteiger partial charge in [0.25, 0.3) is 0 Å². The van der Waals surface area contributed by atoms with Gasteiger partial charge in [-0.25, -0.2) is 23.4 Å². The lowest BCUT2D eigenvalue weighted by Gasteiger charge is -2.25. The summed E-state index contributed by atoms with van der Waals surface area (Å²) in [6, 6.07) is 11.6.